The summed E-state index contributed by atoms with van der Waals surface area (Å²) in [5, 5.41) is 3.29. The largest absolute Gasteiger partial charge is 0.480 e. The molecule has 0 fully saturated rings. The van der Waals surface area contributed by atoms with E-state index in [2.05, 4.69) is 36.1 Å². The van der Waals surface area contributed by atoms with Gasteiger partial charge in [0, 0.05) is 0 Å². The zero-order valence-corrected chi connectivity index (χ0v) is 12.0. The number of methoxy groups -OCH3 is 2. The first-order valence-corrected chi connectivity index (χ1v) is 6.17. The van der Waals surface area contributed by atoms with Crippen LogP contribution in [-0.2, 0) is 0 Å². The van der Waals surface area contributed by atoms with Crippen LogP contribution in [0.15, 0.2) is 6.20 Å². The monoisotopic (exact) mass is 253 g/mol. The predicted octanol–water partition coefficient (Wildman–Crippen LogP) is 2.05. The molecule has 2 atom stereocenters. The zero-order chi connectivity index (χ0) is 13.7. The minimum Gasteiger partial charge on any atom is -0.480 e. The molecule has 0 bridgehead atoms. The van der Waals surface area contributed by atoms with E-state index in [0.29, 0.717) is 23.6 Å². The number of nitrogens with zero attached hydrogens (tertiary/aromatic N) is 2. The summed E-state index contributed by atoms with van der Waals surface area (Å²) >= 11 is 0. The minimum atomic E-state index is 0.110. The first-order valence-electron chi connectivity index (χ1n) is 6.17. The molecule has 0 aliphatic carbocycles. The third kappa shape index (κ3) is 3.10. The van der Waals surface area contributed by atoms with Gasteiger partial charge in [-0.2, -0.15) is 4.98 Å². The van der Waals surface area contributed by atoms with Crippen molar-refractivity contribution in [3.05, 3.63) is 11.9 Å². The average molecular weight is 253 g/mol. The Hall–Kier alpha value is -1.36. The van der Waals surface area contributed by atoms with Crippen molar-refractivity contribution in [2.45, 2.75) is 26.8 Å². The second-order valence-corrected chi connectivity index (χ2v) is 4.68. The predicted molar refractivity (Wildman–Crippen MR) is 70.9 cm³/mol. The van der Waals surface area contributed by atoms with E-state index in [4.69, 9.17) is 9.47 Å². The Kier molecular flexibility index (Phi) is 5.34. The average Bonchev–Trinajstić information content (AvgIpc) is 2.39. The van der Waals surface area contributed by atoms with E-state index in [1.54, 1.807) is 20.4 Å². The molecule has 0 aromatic carbocycles. The van der Waals surface area contributed by atoms with Gasteiger partial charge in [0.25, 0.3) is 0 Å². The Morgan fingerprint density at radius 3 is 2.28 bits per heavy atom. The fraction of sp³-hybridized carbons (Fsp3) is 0.692. The van der Waals surface area contributed by atoms with E-state index in [1.165, 1.54) is 0 Å². The van der Waals surface area contributed by atoms with Crippen molar-refractivity contribution in [1.82, 2.24) is 15.3 Å². The second kappa shape index (κ2) is 6.54. The highest BCUT2D eigenvalue weighted by Crippen LogP contribution is 2.31. The van der Waals surface area contributed by atoms with Crippen LogP contribution in [0.1, 0.15) is 32.5 Å². The molecule has 1 N–H and O–H groups in total. The van der Waals surface area contributed by atoms with Gasteiger partial charge in [-0.3, -0.25) is 0 Å². The highest BCUT2D eigenvalue weighted by molar-refractivity contribution is 5.26. The SMILES string of the molecule is CNC(c1ncc(OC)nc1OC)C(C)C(C)C. The smallest absolute Gasteiger partial charge is 0.240 e. The van der Waals surface area contributed by atoms with Crippen molar-refractivity contribution < 1.29 is 9.47 Å². The van der Waals surface area contributed by atoms with Crippen molar-refractivity contribution in [2.75, 3.05) is 21.3 Å². The summed E-state index contributed by atoms with van der Waals surface area (Å²) < 4.78 is 10.4. The third-order valence-electron chi connectivity index (χ3n) is 3.33. The Balaban J connectivity index is 3.12. The van der Waals surface area contributed by atoms with Crippen LogP contribution in [0.4, 0.5) is 0 Å². The van der Waals surface area contributed by atoms with Gasteiger partial charge in [0.05, 0.1) is 26.5 Å². The second-order valence-electron chi connectivity index (χ2n) is 4.68. The quantitative estimate of drug-likeness (QED) is 0.841. The van der Waals surface area contributed by atoms with E-state index < -0.39 is 0 Å². The van der Waals surface area contributed by atoms with Gasteiger partial charge in [-0.25, -0.2) is 4.98 Å². The summed E-state index contributed by atoms with van der Waals surface area (Å²) in [5.41, 5.74) is 0.821. The van der Waals surface area contributed by atoms with Gasteiger partial charge in [0.2, 0.25) is 11.8 Å². The lowest BCUT2D eigenvalue weighted by Crippen LogP contribution is -2.28. The highest BCUT2D eigenvalue weighted by atomic mass is 16.5. The van der Waals surface area contributed by atoms with E-state index >= 15 is 0 Å². The van der Waals surface area contributed by atoms with Crippen LogP contribution in [0.5, 0.6) is 11.8 Å². The molecule has 0 amide bonds. The number of hydrogen-bond donors (Lipinski definition) is 1. The molecule has 0 radical (unpaired) electrons. The van der Waals surface area contributed by atoms with Crippen LogP contribution in [0.3, 0.4) is 0 Å². The molecule has 1 heterocycles. The van der Waals surface area contributed by atoms with Crippen molar-refractivity contribution in [1.29, 1.82) is 0 Å². The molecule has 0 saturated heterocycles. The number of ether oxygens (including phenoxy) is 2. The van der Waals surface area contributed by atoms with Crippen LogP contribution in [0.25, 0.3) is 0 Å². The lowest BCUT2D eigenvalue weighted by atomic mass is 9.88. The molecule has 1 aromatic rings. The molecule has 18 heavy (non-hydrogen) atoms. The molecule has 1 rings (SSSR count). The van der Waals surface area contributed by atoms with Crippen LogP contribution in [0, 0.1) is 11.8 Å². The fourth-order valence-corrected chi connectivity index (χ4v) is 1.86. The summed E-state index contributed by atoms with van der Waals surface area (Å²) in [6.45, 7) is 6.58. The Labute approximate surface area is 109 Å². The molecule has 5 nitrogen and oxygen atoms in total. The van der Waals surface area contributed by atoms with E-state index in [9.17, 15) is 0 Å². The Morgan fingerprint density at radius 2 is 1.83 bits per heavy atom. The van der Waals surface area contributed by atoms with Gasteiger partial charge >= 0.3 is 0 Å². The van der Waals surface area contributed by atoms with Gasteiger partial charge in [-0.1, -0.05) is 20.8 Å². The molecule has 2 unspecified atom stereocenters. The maximum absolute atomic E-state index is 5.31. The third-order valence-corrected chi connectivity index (χ3v) is 3.33. The Morgan fingerprint density at radius 1 is 1.17 bits per heavy atom. The molecule has 1 aromatic heterocycles. The first kappa shape index (κ1) is 14.7. The lowest BCUT2D eigenvalue weighted by Gasteiger charge is -2.26. The van der Waals surface area contributed by atoms with Crippen molar-refractivity contribution in [2.24, 2.45) is 11.8 Å². The van der Waals surface area contributed by atoms with Gasteiger partial charge in [0.1, 0.15) is 5.69 Å². The molecular formula is C13H23N3O2. The minimum absolute atomic E-state index is 0.110. The summed E-state index contributed by atoms with van der Waals surface area (Å²) in [5.74, 6) is 1.94. The molecular weight excluding hydrogens is 230 g/mol. The highest BCUT2D eigenvalue weighted by Gasteiger charge is 2.25. The topological polar surface area (TPSA) is 56.3 Å². The Bertz CT molecular complexity index is 382. The molecule has 0 saturated carbocycles. The summed E-state index contributed by atoms with van der Waals surface area (Å²) in [7, 11) is 5.09. The lowest BCUT2D eigenvalue weighted by molar-refractivity contribution is 0.292. The van der Waals surface area contributed by atoms with E-state index in [0.717, 1.165) is 5.69 Å². The van der Waals surface area contributed by atoms with Crippen molar-refractivity contribution in [3.63, 3.8) is 0 Å². The molecule has 5 heteroatoms. The standard InChI is InChI=1S/C13H23N3O2/c1-8(2)9(3)11(14-4)12-13(18-6)16-10(17-5)7-15-12/h7-9,11,14H,1-6H3. The van der Waals surface area contributed by atoms with Crippen molar-refractivity contribution in [3.8, 4) is 11.8 Å². The molecule has 0 aliphatic rings. The van der Waals surface area contributed by atoms with Crippen LogP contribution in [-0.4, -0.2) is 31.2 Å². The van der Waals surface area contributed by atoms with E-state index in [-0.39, 0.29) is 6.04 Å². The number of rotatable bonds is 6. The number of aromatic nitrogens is 2. The van der Waals surface area contributed by atoms with Gasteiger partial charge in [-0.05, 0) is 18.9 Å². The zero-order valence-electron chi connectivity index (χ0n) is 12.0. The van der Waals surface area contributed by atoms with Gasteiger partial charge in [0.15, 0.2) is 0 Å². The number of nitrogens with one attached hydrogen (secondary N) is 1. The van der Waals surface area contributed by atoms with Gasteiger partial charge < -0.3 is 14.8 Å². The number of hydrogen-bond acceptors (Lipinski definition) is 5. The molecule has 0 spiro atoms. The summed E-state index contributed by atoms with van der Waals surface area (Å²) in [6.07, 6.45) is 1.62. The summed E-state index contributed by atoms with van der Waals surface area (Å²) in [6, 6.07) is 0.110. The van der Waals surface area contributed by atoms with Crippen LogP contribution >= 0.6 is 0 Å². The van der Waals surface area contributed by atoms with E-state index in [1.807, 2.05) is 7.05 Å². The molecule has 102 valence electrons. The maximum atomic E-state index is 5.31. The fourth-order valence-electron chi connectivity index (χ4n) is 1.86. The van der Waals surface area contributed by atoms with Crippen LogP contribution < -0.4 is 14.8 Å². The van der Waals surface area contributed by atoms with Gasteiger partial charge in [-0.15, -0.1) is 0 Å². The van der Waals surface area contributed by atoms with Crippen LogP contribution in [0.2, 0.25) is 0 Å². The first-order chi connectivity index (χ1) is 8.54. The maximum Gasteiger partial charge on any atom is 0.240 e. The summed E-state index contributed by atoms with van der Waals surface area (Å²) in [4.78, 5) is 8.69. The normalized spacial score (nSPS) is 14.4. The molecule has 0 aliphatic heterocycles. The van der Waals surface area contributed by atoms with Crippen molar-refractivity contribution >= 4 is 0 Å².